The van der Waals surface area contributed by atoms with Crippen molar-refractivity contribution in [3.05, 3.63) is 24.0 Å². The average molecular weight is 237 g/mol. The van der Waals surface area contributed by atoms with E-state index in [0.29, 0.717) is 17.2 Å². The van der Waals surface area contributed by atoms with Gasteiger partial charge in [-0.05, 0) is 25.0 Å². The van der Waals surface area contributed by atoms with Crippen molar-refractivity contribution < 1.29 is 5.11 Å². The highest BCUT2D eigenvalue weighted by Gasteiger charge is 2.20. The summed E-state index contributed by atoms with van der Waals surface area (Å²) in [7, 11) is 0. The van der Waals surface area contributed by atoms with Crippen LogP contribution >= 0.6 is 12.2 Å². The van der Waals surface area contributed by atoms with E-state index >= 15 is 0 Å². The Bertz CT molecular complexity index is 397. The third-order valence-electron chi connectivity index (χ3n) is 2.76. The van der Waals surface area contributed by atoms with Gasteiger partial charge in [0.05, 0.1) is 11.8 Å². The molecule has 1 aromatic rings. The van der Waals surface area contributed by atoms with Gasteiger partial charge in [-0.2, -0.15) is 0 Å². The van der Waals surface area contributed by atoms with Gasteiger partial charge in [0.2, 0.25) is 0 Å². The van der Waals surface area contributed by atoms with E-state index in [2.05, 4.69) is 9.88 Å². The van der Waals surface area contributed by atoms with Gasteiger partial charge >= 0.3 is 0 Å². The van der Waals surface area contributed by atoms with Crippen molar-refractivity contribution in [2.45, 2.75) is 18.9 Å². The number of aliphatic hydroxyl groups excluding tert-OH is 1. The van der Waals surface area contributed by atoms with E-state index in [1.165, 1.54) is 0 Å². The number of nitrogens with zero attached hydrogens (tertiary/aromatic N) is 2. The molecule has 0 bridgehead atoms. The van der Waals surface area contributed by atoms with Gasteiger partial charge in [-0.1, -0.05) is 12.2 Å². The van der Waals surface area contributed by atoms with Crippen molar-refractivity contribution in [2.75, 3.05) is 18.0 Å². The van der Waals surface area contributed by atoms with Crippen LogP contribution in [0.2, 0.25) is 0 Å². The Kier molecular flexibility index (Phi) is 3.36. The molecular formula is C11H15N3OS. The first kappa shape index (κ1) is 11.3. The lowest BCUT2D eigenvalue weighted by molar-refractivity contribution is 0.154. The van der Waals surface area contributed by atoms with Crippen molar-refractivity contribution in [1.29, 1.82) is 0 Å². The second-order valence-electron chi connectivity index (χ2n) is 3.98. The van der Waals surface area contributed by atoms with E-state index in [4.69, 9.17) is 18.0 Å². The summed E-state index contributed by atoms with van der Waals surface area (Å²) in [5.41, 5.74) is 7.21. The Morgan fingerprint density at radius 1 is 1.62 bits per heavy atom. The third-order valence-corrected chi connectivity index (χ3v) is 2.95. The molecule has 86 valence electrons. The number of thiocarbonyl (C=S) groups is 1. The number of β-amino-alcohol motifs (C(OH)–C–C–N with tert-alkyl or cyclic N) is 1. The summed E-state index contributed by atoms with van der Waals surface area (Å²) in [5.74, 6) is 0. The predicted molar refractivity (Wildman–Crippen MR) is 67.6 cm³/mol. The molecule has 0 aliphatic carbocycles. The molecule has 1 atom stereocenters. The Balaban J connectivity index is 2.28. The van der Waals surface area contributed by atoms with Crippen LogP contribution in [0.3, 0.4) is 0 Å². The summed E-state index contributed by atoms with van der Waals surface area (Å²) >= 11 is 4.97. The molecule has 0 radical (unpaired) electrons. The van der Waals surface area contributed by atoms with Crippen LogP contribution in [-0.4, -0.2) is 34.3 Å². The fourth-order valence-electron chi connectivity index (χ4n) is 2.02. The Hall–Kier alpha value is -1.20. The number of hydrogen-bond donors (Lipinski definition) is 2. The third kappa shape index (κ3) is 2.31. The van der Waals surface area contributed by atoms with E-state index in [9.17, 15) is 5.11 Å². The zero-order valence-corrected chi connectivity index (χ0v) is 9.78. The molecule has 1 unspecified atom stereocenters. The number of rotatable bonds is 2. The molecular weight excluding hydrogens is 222 g/mol. The molecule has 0 aromatic carbocycles. The second-order valence-corrected chi connectivity index (χ2v) is 4.42. The molecule has 5 heteroatoms. The van der Waals surface area contributed by atoms with Gasteiger partial charge in [0.15, 0.2) is 0 Å². The van der Waals surface area contributed by atoms with E-state index < -0.39 is 0 Å². The molecule has 16 heavy (non-hydrogen) atoms. The number of hydrogen-bond acceptors (Lipinski definition) is 4. The highest BCUT2D eigenvalue weighted by Crippen LogP contribution is 2.22. The van der Waals surface area contributed by atoms with Crippen LogP contribution in [0.15, 0.2) is 18.3 Å². The SMILES string of the molecule is NC(=S)c1ncccc1N1CCCC(O)C1. The zero-order valence-electron chi connectivity index (χ0n) is 8.97. The molecule has 1 aliphatic heterocycles. The molecule has 0 saturated carbocycles. The molecule has 1 saturated heterocycles. The molecule has 2 rings (SSSR count). The number of pyridine rings is 1. The van der Waals surface area contributed by atoms with Gasteiger partial charge in [-0.15, -0.1) is 0 Å². The lowest BCUT2D eigenvalue weighted by Gasteiger charge is -2.32. The topological polar surface area (TPSA) is 62.4 Å². The number of nitrogens with two attached hydrogens (primary N) is 1. The maximum absolute atomic E-state index is 9.64. The summed E-state index contributed by atoms with van der Waals surface area (Å²) in [4.78, 5) is 6.58. The summed E-state index contributed by atoms with van der Waals surface area (Å²) in [6.07, 6.45) is 3.25. The van der Waals surface area contributed by atoms with Crippen LogP contribution < -0.4 is 10.6 Å². The minimum absolute atomic E-state index is 0.270. The number of aromatic nitrogens is 1. The highest BCUT2D eigenvalue weighted by atomic mass is 32.1. The van der Waals surface area contributed by atoms with Crippen molar-refractivity contribution >= 4 is 22.9 Å². The molecule has 0 amide bonds. The Labute approximate surface area is 100 Å². The van der Waals surface area contributed by atoms with Gasteiger partial charge < -0.3 is 15.7 Å². The quantitative estimate of drug-likeness (QED) is 0.741. The monoisotopic (exact) mass is 237 g/mol. The summed E-state index contributed by atoms with van der Waals surface area (Å²) in [5, 5.41) is 9.64. The minimum atomic E-state index is -0.270. The van der Waals surface area contributed by atoms with Gasteiger partial charge in [0, 0.05) is 19.3 Å². The van der Waals surface area contributed by atoms with Crippen molar-refractivity contribution in [3.8, 4) is 0 Å². The van der Waals surface area contributed by atoms with Gasteiger partial charge in [0.25, 0.3) is 0 Å². The second kappa shape index (κ2) is 4.76. The first-order valence-corrected chi connectivity index (χ1v) is 5.77. The highest BCUT2D eigenvalue weighted by molar-refractivity contribution is 7.80. The molecule has 2 heterocycles. The first-order valence-electron chi connectivity index (χ1n) is 5.36. The fraction of sp³-hybridized carbons (Fsp3) is 0.455. The molecule has 0 spiro atoms. The number of piperidine rings is 1. The standard InChI is InChI=1S/C11H15N3OS/c12-11(16)10-9(4-1-5-13-10)14-6-2-3-8(15)7-14/h1,4-5,8,15H,2-3,6-7H2,(H2,12,16). The number of anilines is 1. The van der Waals surface area contributed by atoms with Crippen LogP contribution in [0.5, 0.6) is 0 Å². The molecule has 3 N–H and O–H groups in total. The molecule has 1 aromatic heterocycles. The lowest BCUT2D eigenvalue weighted by atomic mass is 10.1. The van der Waals surface area contributed by atoms with Gasteiger partial charge in [0.1, 0.15) is 10.7 Å². The van der Waals surface area contributed by atoms with E-state index in [1.807, 2.05) is 12.1 Å². The molecule has 1 fully saturated rings. The van der Waals surface area contributed by atoms with Crippen LogP contribution in [0.25, 0.3) is 0 Å². The smallest absolute Gasteiger partial charge is 0.124 e. The first-order chi connectivity index (χ1) is 7.68. The van der Waals surface area contributed by atoms with Crippen LogP contribution in [0, 0.1) is 0 Å². The Morgan fingerprint density at radius 2 is 2.44 bits per heavy atom. The zero-order chi connectivity index (χ0) is 11.5. The predicted octanol–water partition coefficient (Wildman–Crippen LogP) is 0.677. The van der Waals surface area contributed by atoms with Crippen LogP contribution in [0.4, 0.5) is 5.69 Å². The minimum Gasteiger partial charge on any atom is -0.391 e. The largest absolute Gasteiger partial charge is 0.391 e. The summed E-state index contributed by atoms with van der Waals surface area (Å²) < 4.78 is 0. The fourth-order valence-corrected chi connectivity index (χ4v) is 2.17. The van der Waals surface area contributed by atoms with Gasteiger partial charge in [-0.25, -0.2) is 0 Å². The van der Waals surface area contributed by atoms with Gasteiger partial charge in [-0.3, -0.25) is 4.98 Å². The maximum Gasteiger partial charge on any atom is 0.124 e. The Morgan fingerprint density at radius 3 is 3.12 bits per heavy atom. The van der Waals surface area contributed by atoms with E-state index in [1.54, 1.807) is 6.20 Å². The normalized spacial score (nSPS) is 20.8. The summed E-state index contributed by atoms with van der Waals surface area (Å²) in [6, 6.07) is 3.80. The average Bonchev–Trinajstić information content (AvgIpc) is 2.29. The van der Waals surface area contributed by atoms with E-state index in [-0.39, 0.29) is 6.10 Å². The maximum atomic E-state index is 9.64. The van der Waals surface area contributed by atoms with E-state index in [0.717, 1.165) is 25.1 Å². The number of aliphatic hydroxyl groups is 1. The van der Waals surface area contributed by atoms with Crippen molar-refractivity contribution in [1.82, 2.24) is 4.98 Å². The van der Waals surface area contributed by atoms with Crippen LogP contribution in [0.1, 0.15) is 18.5 Å². The molecule has 1 aliphatic rings. The van der Waals surface area contributed by atoms with Crippen LogP contribution in [-0.2, 0) is 0 Å². The van der Waals surface area contributed by atoms with Crippen molar-refractivity contribution in [2.24, 2.45) is 5.73 Å². The van der Waals surface area contributed by atoms with Crippen molar-refractivity contribution in [3.63, 3.8) is 0 Å². The lowest BCUT2D eigenvalue weighted by Crippen LogP contribution is -2.39. The summed E-state index contributed by atoms with van der Waals surface area (Å²) in [6.45, 7) is 1.54. The molecule has 4 nitrogen and oxygen atoms in total.